The predicted molar refractivity (Wildman–Crippen MR) is 110 cm³/mol. The number of fused-ring (bicyclic) bond motifs is 1. The lowest BCUT2D eigenvalue weighted by Gasteiger charge is -2.07. The summed E-state index contributed by atoms with van der Waals surface area (Å²) in [7, 11) is 0. The van der Waals surface area contributed by atoms with Crippen LogP contribution in [0.3, 0.4) is 0 Å². The number of amides is 1. The highest BCUT2D eigenvalue weighted by Crippen LogP contribution is 2.25. The van der Waals surface area contributed by atoms with E-state index in [2.05, 4.69) is 9.97 Å². The second-order valence-corrected chi connectivity index (χ2v) is 7.40. The van der Waals surface area contributed by atoms with Gasteiger partial charge >= 0.3 is 5.69 Å². The Kier molecular flexibility index (Phi) is 5.00. The van der Waals surface area contributed by atoms with E-state index in [1.807, 2.05) is 11.4 Å². The SMILES string of the molecule is CCn1c(=O)n(CC(=O)c2ccc(F)cc2)c2c(C(N)=O)nc(-c3cccs3)nc21. The molecule has 3 aromatic heterocycles. The summed E-state index contributed by atoms with van der Waals surface area (Å²) < 4.78 is 15.7. The van der Waals surface area contributed by atoms with E-state index in [1.165, 1.54) is 28.0 Å². The molecule has 1 amide bonds. The van der Waals surface area contributed by atoms with Gasteiger partial charge in [-0.25, -0.2) is 19.2 Å². The summed E-state index contributed by atoms with van der Waals surface area (Å²) in [6, 6.07) is 8.61. The number of imidazole rings is 1. The number of Topliss-reactive ketones (excluding diaryl/α,β-unsaturated/α-hetero) is 1. The van der Waals surface area contributed by atoms with E-state index in [0.29, 0.717) is 4.88 Å². The number of hydrogen-bond donors (Lipinski definition) is 1. The molecule has 8 nitrogen and oxygen atoms in total. The second-order valence-electron chi connectivity index (χ2n) is 6.45. The minimum Gasteiger partial charge on any atom is -0.364 e. The highest BCUT2D eigenvalue weighted by atomic mass is 32.1. The molecule has 3 heterocycles. The first-order valence-electron chi connectivity index (χ1n) is 9.04. The molecule has 4 rings (SSSR count). The molecule has 0 saturated carbocycles. The Balaban J connectivity index is 1.92. The number of ketones is 1. The van der Waals surface area contributed by atoms with Gasteiger partial charge in [0.15, 0.2) is 22.9 Å². The van der Waals surface area contributed by atoms with Crippen LogP contribution in [0, 0.1) is 5.82 Å². The van der Waals surface area contributed by atoms with Crippen molar-refractivity contribution in [2.45, 2.75) is 20.0 Å². The lowest BCUT2D eigenvalue weighted by Crippen LogP contribution is -2.27. The van der Waals surface area contributed by atoms with E-state index < -0.39 is 23.2 Å². The number of halogens is 1. The van der Waals surface area contributed by atoms with E-state index in [1.54, 1.807) is 13.0 Å². The molecule has 0 radical (unpaired) electrons. The third kappa shape index (κ3) is 3.30. The Morgan fingerprint density at radius 3 is 2.47 bits per heavy atom. The molecule has 0 spiro atoms. The lowest BCUT2D eigenvalue weighted by molar-refractivity contribution is 0.0966. The topological polar surface area (TPSA) is 113 Å². The summed E-state index contributed by atoms with van der Waals surface area (Å²) in [6.45, 7) is 1.66. The first-order valence-corrected chi connectivity index (χ1v) is 9.92. The van der Waals surface area contributed by atoms with Crippen molar-refractivity contribution in [1.82, 2.24) is 19.1 Å². The number of hydrogen-bond acceptors (Lipinski definition) is 6. The maximum absolute atomic E-state index is 13.2. The summed E-state index contributed by atoms with van der Waals surface area (Å²) in [5.74, 6) is -1.46. The summed E-state index contributed by atoms with van der Waals surface area (Å²) >= 11 is 1.38. The van der Waals surface area contributed by atoms with Crippen LogP contribution in [0.1, 0.15) is 27.8 Å². The molecule has 2 N–H and O–H groups in total. The van der Waals surface area contributed by atoms with E-state index in [0.717, 1.165) is 16.7 Å². The molecule has 0 saturated heterocycles. The molecule has 0 bridgehead atoms. The molecule has 1 aromatic carbocycles. The normalized spacial score (nSPS) is 11.1. The number of nitrogens with two attached hydrogens (primary N) is 1. The van der Waals surface area contributed by atoms with E-state index in [4.69, 9.17) is 5.73 Å². The Morgan fingerprint density at radius 1 is 1.13 bits per heavy atom. The number of primary amides is 1. The van der Waals surface area contributed by atoms with Gasteiger partial charge < -0.3 is 5.73 Å². The van der Waals surface area contributed by atoms with Crippen molar-refractivity contribution in [2.75, 3.05) is 0 Å². The Labute approximate surface area is 173 Å². The van der Waals surface area contributed by atoms with Crippen molar-refractivity contribution in [1.29, 1.82) is 0 Å². The minimum absolute atomic E-state index is 0.102. The van der Waals surface area contributed by atoms with Crippen LogP contribution in [-0.2, 0) is 13.1 Å². The van der Waals surface area contributed by atoms with Crippen LogP contribution in [-0.4, -0.2) is 30.8 Å². The number of nitrogens with zero attached hydrogens (tertiary/aromatic N) is 4. The Hall–Kier alpha value is -3.66. The van der Waals surface area contributed by atoms with Crippen LogP contribution in [0.5, 0.6) is 0 Å². The third-order valence-corrected chi connectivity index (χ3v) is 5.48. The molecule has 0 atom stereocenters. The highest BCUT2D eigenvalue weighted by molar-refractivity contribution is 7.13. The maximum atomic E-state index is 13.2. The number of benzene rings is 1. The van der Waals surface area contributed by atoms with Gasteiger partial charge in [0, 0.05) is 12.1 Å². The Bertz CT molecular complexity index is 1320. The standard InChI is InChI=1S/C20H16FN5O3S/c1-2-25-19-16(15(17(22)28)23-18(24-19)14-4-3-9-30-14)26(20(25)29)10-13(27)11-5-7-12(21)8-6-11/h3-9H,2,10H2,1H3,(H2,22,28). The Morgan fingerprint density at radius 2 is 1.87 bits per heavy atom. The van der Waals surface area contributed by atoms with Crippen LogP contribution in [0.15, 0.2) is 46.6 Å². The molecule has 10 heteroatoms. The average Bonchev–Trinajstić information content (AvgIpc) is 3.35. The van der Waals surface area contributed by atoms with Gasteiger partial charge in [-0.3, -0.25) is 18.7 Å². The second kappa shape index (κ2) is 7.64. The molecule has 4 aromatic rings. The fourth-order valence-electron chi connectivity index (χ4n) is 3.20. The van der Waals surface area contributed by atoms with Crippen LogP contribution < -0.4 is 11.4 Å². The van der Waals surface area contributed by atoms with E-state index in [9.17, 15) is 18.8 Å². The van der Waals surface area contributed by atoms with Crippen molar-refractivity contribution in [3.05, 3.63) is 69.3 Å². The van der Waals surface area contributed by atoms with E-state index >= 15 is 0 Å². The van der Waals surface area contributed by atoms with Gasteiger partial charge in [0.05, 0.1) is 11.4 Å². The van der Waals surface area contributed by atoms with Crippen LogP contribution in [0.25, 0.3) is 21.9 Å². The number of aryl methyl sites for hydroxylation is 1. The molecule has 0 aliphatic carbocycles. The van der Waals surface area contributed by atoms with Crippen molar-refractivity contribution < 1.29 is 14.0 Å². The molecule has 0 fully saturated rings. The largest absolute Gasteiger partial charge is 0.364 e. The molecular weight excluding hydrogens is 409 g/mol. The monoisotopic (exact) mass is 425 g/mol. The average molecular weight is 425 g/mol. The van der Waals surface area contributed by atoms with Gasteiger partial charge in [0.25, 0.3) is 5.91 Å². The zero-order valence-corrected chi connectivity index (χ0v) is 16.6. The highest BCUT2D eigenvalue weighted by Gasteiger charge is 2.24. The van der Waals surface area contributed by atoms with Crippen LogP contribution in [0.4, 0.5) is 4.39 Å². The quantitative estimate of drug-likeness (QED) is 0.477. The number of carbonyl (C=O) groups excluding carboxylic acids is 2. The van der Waals surface area contributed by atoms with Gasteiger partial charge in [0.2, 0.25) is 0 Å². The third-order valence-electron chi connectivity index (χ3n) is 4.61. The smallest absolute Gasteiger partial charge is 0.330 e. The van der Waals surface area contributed by atoms with Crippen LogP contribution in [0.2, 0.25) is 0 Å². The number of thiophene rings is 1. The molecular formula is C20H16FN5O3S. The van der Waals surface area contributed by atoms with Crippen molar-refractivity contribution in [3.63, 3.8) is 0 Å². The molecule has 0 aliphatic heterocycles. The zero-order valence-electron chi connectivity index (χ0n) is 15.8. The zero-order chi connectivity index (χ0) is 21.4. The van der Waals surface area contributed by atoms with Crippen molar-refractivity contribution in [2.24, 2.45) is 5.73 Å². The predicted octanol–water partition coefficient (Wildman–Crippen LogP) is 2.46. The summed E-state index contributed by atoms with van der Waals surface area (Å²) in [5.41, 5.74) is 5.46. The van der Waals surface area contributed by atoms with Gasteiger partial charge in [-0.15, -0.1) is 11.3 Å². The van der Waals surface area contributed by atoms with Gasteiger partial charge in [-0.1, -0.05) is 6.07 Å². The summed E-state index contributed by atoms with van der Waals surface area (Å²) in [6.07, 6.45) is 0. The van der Waals surface area contributed by atoms with Crippen molar-refractivity contribution in [3.8, 4) is 10.7 Å². The first kappa shape index (κ1) is 19.6. The molecule has 152 valence electrons. The van der Waals surface area contributed by atoms with Gasteiger partial charge in [-0.05, 0) is 42.6 Å². The summed E-state index contributed by atoms with van der Waals surface area (Å²) in [5, 5.41) is 1.84. The van der Waals surface area contributed by atoms with Gasteiger partial charge in [0.1, 0.15) is 11.3 Å². The molecule has 0 aliphatic rings. The number of aromatic nitrogens is 4. The maximum Gasteiger partial charge on any atom is 0.330 e. The molecule has 30 heavy (non-hydrogen) atoms. The fraction of sp³-hybridized carbons (Fsp3) is 0.150. The minimum atomic E-state index is -0.837. The summed E-state index contributed by atoms with van der Waals surface area (Å²) in [4.78, 5) is 47.4. The van der Waals surface area contributed by atoms with E-state index in [-0.39, 0.29) is 41.3 Å². The first-order chi connectivity index (χ1) is 14.4. The van der Waals surface area contributed by atoms with Gasteiger partial charge in [-0.2, -0.15) is 0 Å². The fourth-order valence-corrected chi connectivity index (χ4v) is 3.86. The number of rotatable bonds is 6. The molecule has 0 unspecified atom stereocenters. The van der Waals surface area contributed by atoms with Crippen molar-refractivity contribution >= 4 is 34.2 Å². The van der Waals surface area contributed by atoms with Crippen LogP contribution >= 0.6 is 11.3 Å². The number of carbonyl (C=O) groups is 2. The lowest BCUT2D eigenvalue weighted by atomic mass is 10.1.